The first-order valence-corrected chi connectivity index (χ1v) is 9.21. The third-order valence-electron chi connectivity index (χ3n) is 5.40. The van der Waals surface area contributed by atoms with Gasteiger partial charge in [0.05, 0.1) is 6.04 Å². The van der Waals surface area contributed by atoms with Gasteiger partial charge in [-0.05, 0) is 42.6 Å². The molecule has 0 spiro atoms. The predicted molar refractivity (Wildman–Crippen MR) is 97.8 cm³/mol. The largest absolute Gasteiger partial charge is 0.396 e. The summed E-state index contributed by atoms with van der Waals surface area (Å²) in [5.41, 5.74) is 1.17. The number of likely N-dealkylation sites (tertiary alicyclic amines) is 1. The maximum Gasteiger partial charge on any atom is 0.317 e. The van der Waals surface area contributed by atoms with Gasteiger partial charge >= 0.3 is 6.03 Å². The topological polar surface area (TPSA) is 52.6 Å². The number of nitrogens with one attached hydrogen (secondary N) is 1. The molecule has 1 unspecified atom stereocenters. The van der Waals surface area contributed by atoms with Crippen LogP contribution in [0.2, 0.25) is 0 Å². The van der Waals surface area contributed by atoms with E-state index in [1.165, 1.54) is 0 Å². The Morgan fingerprint density at radius 1 is 1.25 bits per heavy atom. The zero-order valence-electron chi connectivity index (χ0n) is 15.3. The van der Waals surface area contributed by atoms with E-state index in [0.717, 1.165) is 44.3 Å². The van der Waals surface area contributed by atoms with E-state index < -0.39 is 0 Å². The first kappa shape index (κ1) is 18.8. The third kappa shape index (κ3) is 4.73. The molecule has 2 N–H and O–H groups in total. The number of nitrogens with zero attached hydrogens (tertiary/aromatic N) is 1. The molecule has 1 aliphatic heterocycles. The molecule has 1 saturated heterocycles. The number of carbonyl (C=O) groups is 1. The molecule has 24 heavy (non-hydrogen) atoms. The lowest BCUT2D eigenvalue weighted by Crippen LogP contribution is -2.49. The number of hydrogen-bond acceptors (Lipinski definition) is 2. The minimum atomic E-state index is 0.00748. The normalized spacial score (nSPS) is 18.5. The molecule has 0 aromatic heterocycles. The highest BCUT2D eigenvalue weighted by molar-refractivity contribution is 5.74. The summed E-state index contributed by atoms with van der Waals surface area (Å²) >= 11 is 0. The first-order chi connectivity index (χ1) is 11.5. The van der Waals surface area contributed by atoms with Crippen LogP contribution in [0.3, 0.4) is 0 Å². The lowest BCUT2D eigenvalue weighted by atomic mass is 9.77. The van der Waals surface area contributed by atoms with Gasteiger partial charge in [0, 0.05) is 19.7 Å². The Morgan fingerprint density at radius 3 is 2.38 bits per heavy atom. The summed E-state index contributed by atoms with van der Waals surface area (Å²) in [6.07, 6.45) is 3.67. The molecule has 1 fully saturated rings. The fourth-order valence-electron chi connectivity index (χ4n) is 3.48. The summed E-state index contributed by atoms with van der Waals surface area (Å²) in [6.45, 7) is 8.16. The van der Waals surface area contributed by atoms with Gasteiger partial charge in [0.2, 0.25) is 0 Å². The van der Waals surface area contributed by atoms with Gasteiger partial charge < -0.3 is 15.3 Å². The lowest BCUT2D eigenvalue weighted by molar-refractivity contribution is 0.0513. The molecule has 0 saturated carbocycles. The first-order valence-electron chi connectivity index (χ1n) is 9.21. The highest BCUT2D eigenvalue weighted by Gasteiger charge is 2.34. The monoisotopic (exact) mass is 332 g/mol. The summed E-state index contributed by atoms with van der Waals surface area (Å²) in [5.74, 6) is 0.513. The zero-order chi connectivity index (χ0) is 17.6. The molecule has 4 nitrogen and oxygen atoms in total. The van der Waals surface area contributed by atoms with Gasteiger partial charge in [0.1, 0.15) is 0 Å². The molecular weight excluding hydrogens is 300 g/mol. The number of piperidine rings is 1. The van der Waals surface area contributed by atoms with Crippen LogP contribution in [0.4, 0.5) is 4.79 Å². The van der Waals surface area contributed by atoms with Crippen molar-refractivity contribution in [1.82, 2.24) is 10.2 Å². The van der Waals surface area contributed by atoms with Crippen molar-refractivity contribution < 1.29 is 9.90 Å². The van der Waals surface area contributed by atoms with E-state index in [0.29, 0.717) is 5.92 Å². The second-order valence-corrected chi connectivity index (χ2v) is 7.54. The van der Waals surface area contributed by atoms with Crippen LogP contribution in [-0.2, 0) is 0 Å². The minimum absolute atomic E-state index is 0.00748. The van der Waals surface area contributed by atoms with Crippen LogP contribution in [-0.4, -0.2) is 35.7 Å². The quantitative estimate of drug-likeness (QED) is 0.828. The third-order valence-corrected chi connectivity index (χ3v) is 5.40. The minimum Gasteiger partial charge on any atom is -0.396 e. The Kier molecular flexibility index (Phi) is 6.67. The Morgan fingerprint density at radius 2 is 1.88 bits per heavy atom. The van der Waals surface area contributed by atoms with Gasteiger partial charge in [-0.3, -0.25) is 0 Å². The molecule has 0 radical (unpaired) electrons. The maximum absolute atomic E-state index is 12.7. The van der Waals surface area contributed by atoms with E-state index in [4.69, 9.17) is 0 Å². The average molecular weight is 332 g/mol. The van der Waals surface area contributed by atoms with Crippen LogP contribution in [0.15, 0.2) is 30.3 Å². The molecule has 1 heterocycles. The van der Waals surface area contributed by atoms with Gasteiger partial charge in [-0.2, -0.15) is 0 Å². The van der Waals surface area contributed by atoms with Gasteiger partial charge in [0.15, 0.2) is 0 Å². The van der Waals surface area contributed by atoms with Gasteiger partial charge in [0.25, 0.3) is 0 Å². The number of hydrogen-bond donors (Lipinski definition) is 2. The number of aliphatic hydroxyl groups excluding tert-OH is 1. The number of carbonyl (C=O) groups excluding carboxylic acids is 1. The van der Waals surface area contributed by atoms with Crippen molar-refractivity contribution >= 4 is 6.03 Å². The van der Waals surface area contributed by atoms with Gasteiger partial charge in [-0.1, -0.05) is 51.1 Å². The number of amides is 2. The predicted octanol–water partition coefficient (Wildman–Crippen LogP) is 3.97. The maximum atomic E-state index is 12.7. The van der Waals surface area contributed by atoms with Crippen LogP contribution >= 0.6 is 0 Å². The fraction of sp³-hybridized carbons (Fsp3) is 0.650. The van der Waals surface area contributed by atoms with Crippen molar-refractivity contribution in [2.75, 3.05) is 19.7 Å². The van der Waals surface area contributed by atoms with Gasteiger partial charge in [-0.15, -0.1) is 0 Å². The molecule has 0 bridgehead atoms. The number of rotatable bonds is 6. The van der Waals surface area contributed by atoms with Crippen LogP contribution < -0.4 is 5.32 Å². The molecule has 4 heteroatoms. The van der Waals surface area contributed by atoms with E-state index >= 15 is 0 Å². The Balaban J connectivity index is 1.98. The van der Waals surface area contributed by atoms with Crippen LogP contribution in [0.25, 0.3) is 0 Å². The molecular formula is C20H32N2O2. The number of aliphatic hydroxyl groups is 1. The average Bonchev–Trinajstić information content (AvgIpc) is 2.61. The lowest BCUT2D eigenvalue weighted by Gasteiger charge is -2.40. The highest BCUT2D eigenvalue weighted by atomic mass is 16.3. The van der Waals surface area contributed by atoms with E-state index in [-0.39, 0.29) is 24.1 Å². The van der Waals surface area contributed by atoms with Crippen LogP contribution in [0.5, 0.6) is 0 Å². The molecule has 0 aliphatic carbocycles. The molecule has 1 aromatic carbocycles. The van der Waals surface area contributed by atoms with Crippen molar-refractivity contribution in [2.45, 2.75) is 52.5 Å². The van der Waals surface area contributed by atoms with Crippen molar-refractivity contribution in [1.29, 1.82) is 0 Å². The second kappa shape index (κ2) is 8.52. The summed E-state index contributed by atoms with van der Waals surface area (Å²) in [6, 6.07) is 10.3. The van der Waals surface area contributed by atoms with E-state index in [1.54, 1.807) is 0 Å². The molecule has 134 valence electrons. The number of benzene rings is 1. The standard InChI is InChI=1S/C20H32N2O2/c1-4-20(15-23)10-12-22(13-11-20)19(24)21-18(14-16(2)3)17-8-6-5-7-9-17/h5-9,16,18,23H,4,10-15H2,1-3H3,(H,21,24). The van der Waals surface area contributed by atoms with Crippen LogP contribution in [0, 0.1) is 11.3 Å². The summed E-state index contributed by atoms with van der Waals surface area (Å²) in [4.78, 5) is 14.6. The van der Waals surface area contributed by atoms with Crippen molar-refractivity contribution in [3.05, 3.63) is 35.9 Å². The Bertz CT molecular complexity index is 502. The summed E-state index contributed by atoms with van der Waals surface area (Å²) < 4.78 is 0. The Labute approximate surface area is 146 Å². The smallest absolute Gasteiger partial charge is 0.317 e. The summed E-state index contributed by atoms with van der Waals surface area (Å²) in [5, 5.41) is 12.9. The zero-order valence-corrected chi connectivity index (χ0v) is 15.3. The molecule has 1 aromatic rings. The SMILES string of the molecule is CCC1(CO)CCN(C(=O)NC(CC(C)C)c2ccccc2)CC1. The van der Waals surface area contributed by atoms with Crippen molar-refractivity contribution in [3.8, 4) is 0 Å². The molecule has 2 rings (SSSR count). The summed E-state index contributed by atoms with van der Waals surface area (Å²) in [7, 11) is 0. The molecule has 1 aliphatic rings. The second-order valence-electron chi connectivity index (χ2n) is 7.54. The molecule has 2 amide bonds. The van der Waals surface area contributed by atoms with E-state index in [9.17, 15) is 9.90 Å². The van der Waals surface area contributed by atoms with E-state index in [2.05, 4.69) is 38.2 Å². The Hall–Kier alpha value is -1.55. The van der Waals surface area contributed by atoms with Crippen molar-refractivity contribution in [3.63, 3.8) is 0 Å². The highest BCUT2D eigenvalue weighted by Crippen LogP contribution is 2.34. The van der Waals surface area contributed by atoms with Crippen LogP contribution in [0.1, 0.15) is 58.1 Å². The molecule has 1 atom stereocenters. The van der Waals surface area contributed by atoms with E-state index in [1.807, 2.05) is 23.1 Å². The number of urea groups is 1. The fourth-order valence-corrected chi connectivity index (χ4v) is 3.48. The van der Waals surface area contributed by atoms with Crippen molar-refractivity contribution in [2.24, 2.45) is 11.3 Å². The van der Waals surface area contributed by atoms with Gasteiger partial charge in [-0.25, -0.2) is 4.79 Å².